The largest absolute Gasteiger partial charge is 0.393 e. The second kappa shape index (κ2) is 5.86. The van der Waals surface area contributed by atoms with E-state index in [2.05, 4.69) is 5.32 Å². The molecule has 2 nitrogen and oxygen atoms in total. The van der Waals surface area contributed by atoms with Crippen molar-refractivity contribution in [2.24, 2.45) is 11.8 Å². The highest BCUT2D eigenvalue weighted by atomic mass is 16.3. The summed E-state index contributed by atoms with van der Waals surface area (Å²) in [5, 5.41) is 13.5. The third-order valence-electron chi connectivity index (χ3n) is 4.19. The van der Waals surface area contributed by atoms with E-state index in [1.807, 2.05) is 0 Å². The number of aliphatic hydroxyl groups excluding tert-OH is 1. The average Bonchev–Trinajstić information content (AvgIpc) is 2.65. The van der Waals surface area contributed by atoms with E-state index in [0.717, 1.165) is 25.4 Å². The molecular formula is C13H25NO. The van der Waals surface area contributed by atoms with Gasteiger partial charge >= 0.3 is 0 Å². The number of rotatable bonds is 3. The molecule has 1 aliphatic heterocycles. The highest BCUT2D eigenvalue weighted by Crippen LogP contribution is 2.29. The van der Waals surface area contributed by atoms with Crippen LogP contribution in [0.2, 0.25) is 0 Å². The quantitative estimate of drug-likeness (QED) is 0.702. The first kappa shape index (κ1) is 11.4. The molecule has 0 spiro atoms. The van der Waals surface area contributed by atoms with Crippen molar-refractivity contribution in [1.82, 2.24) is 5.32 Å². The Balaban J connectivity index is 1.73. The van der Waals surface area contributed by atoms with Crippen LogP contribution in [0, 0.1) is 11.8 Å². The summed E-state index contributed by atoms with van der Waals surface area (Å²) in [6.07, 6.45) is 10.5. The first-order valence-electron chi connectivity index (χ1n) is 6.75. The van der Waals surface area contributed by atoms with Crippen LogP contribution in [0.15, 0.2) is 0 Å². The van der Waals surface area contributed by atoms with Crippen LogP contribution >= 0.6 is 0 Å². The van der Waals surface area contributed by atoms with Crippen LogP contribution in [0.5, 0.6) is 0 Å². The molecule has 1 saturated carbocycles. The Bertz CT molecular complexity index is 169. The van der Waals surface area contributed by atoms with Gasteiger partial charge in [0.05, 0.1) is 6.10 Å². The van der Waals surface area contributed by atoms with Gasteiger partial charge in [-0.15, -0.1) is 0 Å². The van der Waals surface area contributed by atoms with E-state index in [-0.39, 0.29) is 6.10 Å². The zero-order valence-electron chi connectivity index (χ0n) is 9.75. The van der Waals surface area contributed by atoms with Crippen LogP contribution in [0.1, 0.15) is 51.4 Å². The van der Waals surface area contributed by atoms with Crippen LogP contribution in [-0.4, -0.2) is 24.3 Å². The minimum Gasteiger partial charge on any atom is -0.393 e. The van der Waals surface area contributed by atoms with E-state index < -0.39 is 0 Å². The number of nitrogens with one attached hydrogen (secondary N) is 1. The Labute approximate surface area is 93.5 Å². The lowest BCUT2D eigenvalue weighted by Gasteiger charge is -2.22. The molecule has 0 aromatic carbocycles. The van der Waals surface area contributed by atoms with Crippen molar-refractivity contribution < 1.29 is 5.11 Å². The first-order valence-corrected chi connectivity index (χ1v) is 6.75. The van der Waals surface area contributed by atoms with Crippen LogP contribution in [0.4, 0.5) is 0 Å². The van der Waals surface area contributed by atoms with Gasteiger partial charge in [-0.25, -0.2) is 0 Å². The Morgan fingerprint density at radius 2 is 1.80 bits per heavy atom. The van der Waals surface area contributed by atoms with Crippen molar-refractivity contribution in [3.8, 4) is 0 Å². The molecule has 2 N–H and O–H groups in total. The van der Waals surface area contributed by atoms with Crippen molar-refractivity contribution in [1.29, 1.82) is 0 Å². The molecular weight excluding hydrogens is 186 g/mol. The zero-order valence-corrected chi connectivity index (χ0v) is 9.75. The normalized spacial score (nSPS) is 31.4. The molecule has 1 aliphatic carbocycles. The zero-order chi connectivity index (χ0) is 10.5. The maximum Gasteiger partial charge on any atom is 0.0583 e. The molecule has 2 rings (SSSR count). The summed E-state index contributed by atoms with van der Waals surface area (Å²) < 4.78 is 0. The Morgan fingerprint density at radius 3 is 2.40 bits per heavy atom. The molecule has 1 saturated heterocycles. The topological polar surface area (TPSA) is 32.3 Å². The molecule has 2 atom stereocenters. The van der Waals surface area contributed by atoms with Crippen molar-refractivity contribution in [3.05, 3.63) is 0 Å². The lowest BCUT2D eigenvalue weighted by molar-refractivity contribution is 0.0867. The highest BCUT2D eigenvalue weighted by molar-refractivity contribution is 4.80. The monoisotopic (exact) mass is 211 g/mol. The van der Waals surface area contributed by atoms with E-state index in [1.165, 1.54) is 44.9 Å². The summed E-state index contributed by atoms with van der Waals surface area (Å²) in [6.45, 7) is 2.14. The van der Waals surface area contributed by atoms with E-state index in [9.17, 15) is 5.11 Å². The van der Waals surface area contributed by atoms with Crippen molar-refractivity contribution >= 4 is 0 Å². The average molecular weight is 211 g/mol. The van der Waals surface area contributed by atoms with Gasteiger partial charge in [-0.2, -0.15) is 0 Å². The summed E-state index contributed by atoms with van der Waals surface area (Å²) in [5.74, 6) is 1.34. The Hall–Kier alpha value is -0.0800. The maximum atomic E-state index is 10.2. The minimum absolute atomic E-state index is 0.0388. The predicted molar refractivity (Wildman–Crippen MR) is 62.8 cm³/mol. The van der Waals surface area contributed by atoms with E-state index in [0.29, 0.717) is 5.92 Å². The Kier molecular flexibility index (Phi) is 4.45. The van der Waals surface area contributed by atoms with E-state index in [4.69, 9.17) is 0 Å². The molecule has 2 aliphatic rings. The van der Waals surface area contributed by atoms with Gasteiger partial charge in [-0.1, -0.05) is 38.5 Å². The molecule has 2 unspecified atom stereocenters. The van der Waals surface area contributed by atoms with Crippen LogP contribution in [-0.2, 0) is 0 Å². The molecule has 2 heteroatoms. The van der Waals surface area contributed by atoms with Crippen molar-refractivity contribution in [2.45, 2.75) is 57.5 Å². The van der Waals surface area contributed by atoms with Crippen LogP contribution < -0.4 is 5.32 Å². The van der Waals surface area contributed by atoms with Crippen LogP contribution in [0.3, 0.4) is 0 Å². The van der Waals surface area contributed by atoms with Crippen molar-refractivity contribution in [2.75, 3.05) is 13.1 Å². The van der Waals surface area contributed by atoms with Gasteiger partial charge in [-0.3, -0.25) is 0 Å². The van der Waals surface area contributed by atoms with Crippen molar-refractivity contribution in [3.63, 3.8) is 0 Å². The van der Waals surface area contributed by atoms with Crippen LogP contribution in [0.25, 0.3) is 0 Å². The summed E-state index contributed by atoms with van der Waals surface area (Å²) in [7, 11) is 0. The van der Waals surface area contributed by atoms with E-state index >= 15 is 0 Å². The van der Waals surface area contributed by atoms with E-state index in [1.54, 1.807) is 0 Å². The standard InChI is InChI=1S/C13H25NO/c15-13(12-7-8-14-10-12)9-11-5-3-1-2-4-6-11/h11-15H,1-10H2. The second-order valence-electron chi connectivity index (χ2n) is 5.41. The highest BCUT2D eigenvalue weighted by Gasteiger charge is 2.25. The van der Waals surface area contributed by atoms with Gasteiger partial charge in [0.1, 0.15) is 0 Å². The molecule has 0 aromatic rings. The lowest BCUT2D eigenvalue weighted by Crippen LogP contribution is -2.25. The predicted octanol–water partition coefficient (Wildman–Crippen LogP) is 2.32. The maximum absolute atomic E-state index is 10.2. The molecule has 0 radical (unpaired) electrons. The molecule has 0 bridgehead atoms. The summed E-state index contributed by atoms with van der Waals surface area (Å²) in [6, 6.07) is 0. The molecule has 88 valence electrons. The molecule has 1 heterocycles. The molecule has 2 fully saturated rings. The first-order chi connectivity index (χ1) is 7.36. The van der Waals surface area contributed by atoms with Gasteiger partial charge in [0.2, 0.25) is 0 Å². The number of aliphatic hydroxyl groups is 1. The fourth-order valence-corrected chi connectivity index (χ4v) is 3.14. The fourth-order valence-electron chi connectivity index (χ4n) is 3.14. The smallest absolute Gasteiger partial charge is 0.0583 e. The van der Waals surface area contributed by atoms with Gasteiger partial charge < -0.3 is 10.4 Å². The summed E-state index contributed by atoms with van der Waals surface area (Å²) in [4.78, 5) is 0. The third kappa shape index (κ3) is 3.46. The number of hydrogen-bond donors (Lipinski definition) is 2. The third-order valence-corrected chi connectivity index (χ3v) is 4.19. The fraction of sp³-hybridized carbons (Fsp3) is 1.00. The summed E-state index contributed by atoms with van der Waals surface area (Å²) >= 11 is 0. The lowest BCUT2D eigenvalue weighted by atomic mass is 9.88. The SMILES string of the molecule is OC(CC1CCCCCC1)C1CCNC1. The molecule has 0 aromatic heterocycles. The van der Waals surface area contributed by atoms with Gasteiger partial charge in [-0.05, 0) is 31.2 Å². The second-order valence-corrected chi connectivity index (χ2v) is 5.41. The molecule has 0 amide bonds. The van der Waals surface area contributed by atoms with Gasteiger partial charge in [0.25, 0.3) is 0 Å². The van der Waals surface area contributed by atoms with Gasteiger partial charge in [0, 0.05) is 6.54 Å². The molecule has 15 heavy (non-hydrogen) atoms. The van der Waals surface area contributed by atoms with Gasteiger partial charge in [0.15, 0.2) is 0 Å². The minimum atomic E-state index is -0.0388. The number of hydrogen-bond acceptors (Lipinski definition) is 2. The Morgan fingerprint density at radius 1 is 1.07 bits per heavy atom. The summed E-state index contributed by atoms with van der Waals surface area (Å²) in [5.41, 5.74) is 0.